The molecule has 1 amide bonds. The molecule has 0 aliphatic carbocycles. The first-order valence-electron chi connectivity index (χ1n) is 3.74. The fourth-order valence-electron chi connectivity index (χ4n) is 0.559. The number of amides is 1. The van der Waals surface area contributed by atoms with E-state index in [0.29, 0.717) is 0 Å². The van der Waals surface area contributed by atoms with E-state index >= 15 is 0 Å². The summed E-state index contributed by atoms with van der Waals surface area (Å²) in [6, 6.07) is 0. The van der Waals surface area contributed by atoms with Crippen molar-refractivity contribution in [3.05, 3.63) is 11.3 Å². The van der Waals surface area contributed by atoms with Gasteiger partial charge in [0.15, 0.2) is 0 Å². The minimum atomic E-state index is -3.60. The molecule has 0 aromatic rings. The van der Waals surface area contributed by atoms with E-state index in [1.165, 1.54) is 28.1 Å². The number of hydrogen-bond acceptors (Lipinski definition) is 5. The van der Waals surface area contributed by atoms with Crippen LogP contribution in [0.2, 0.25) is 0 Å². The molecule has 14 heavy (non-hydrogen) atoms. The number of carbonyl (C=O) groups excluding carboxylic acids is 1. The van der Waals surface area contributed by atoms with E-state index < -0.39 is 13.7 Å². The van der Waals surface area contributed by atoms with Crippen LogP contribution in [0.4, 0.5) is 0 Å². The number of allylic oxidation sites excluding steroid dienone is 1. The first-order chi connectivity index (χ1) is 6.36. The molecule has 0 aliphatic heterocycles. The van der Waals surface area contributed by atoms with Crippen molar-refractivity contribution in [1.29, 1.82) is 0 Å². The second kappa shape index (κ2) is 5.14. The predicted molar refractivity (Wildman–Crippen MR) is 50.3 cm³/mol. The van der Waals surface area contributed by atoms with E-state index in [1.54, 1.807) is 0 Å². The maximum absolute atomic E-state index is 11.4. The van der Waals surface area contributed by atoms with Crippen molar-refractivity contribution < 1.29 is 22.9 Å². The molecule has 0 aliphatic rings. The second-order valence-corrected chi connectivity index (χ2v) is 4.26. The number of phosphoric acid groups is 1. The smallest absolute Gasteiger partial charge is 0.408 e. The Morgan fingerprint density at radius 2 is 1.64 bits per heavy atom. The van der Waals surface area contributed by atoms with E-state index in [-0.39, 0.29) is 11.3 Å². The molecule has 0 saturated heterocycles. The normalized spacial score (nSPS) is 13.4. The van der Waals surface area contributed by atoms with Crippen LogP contribution in [0.25, 0.3) is 0 Å². The summed E-state index contributed by atoms with van der Waals surface area (Å²) in [6.45, 7) is 2.90. The molecular formula is C7H14NO5P. The lowest BCUT2D eigenvalue weighted by atomic mass is 10.2. The molecule has 7 heteroatoms. The third-order valence-electron chi connectivity index (χ3n) is 1.59. The number of hydrogen-bond donors (Lipinski definition) is 1. The van der Waals surface area contributed by atoms with Crippen LogP contribution in [0.3, 0.4) is 0 Å². The predicted octanol–water partition coefficient (Wildman–Crippen LogP) is 1.18. The van der Waals surface area contributed by atoms with Crippen LogP contribution >= 0.6 is 7.82 Å². The van der Waals surface area contributed by atoms with Gasteiger partial charge in [0.1, 0.15) is 5.76 Å². The van der Waals surface area contributed by atoms with E-state index in [2.05, 4.69) is 9.05 Å². The SMILES string of the molecule is COP(=O)(OC)OC(C)=C(C)C(N)=O. The van der Waals surface area contributed by atoms with Gasteiger partial charge in [-0.05, 0) is 13.8 Å². The summed E-state index contributed by atoms with van der Waals surface area (Å²) < 4.78 is 25.3. The lowest BCUT2D eigenvalue weighted by Gasteiger charge is -2.15. The molecule has 6 nitrogen and oxygen atoms in total. The number of carbonyl (C=O) groups is 1. The van der Waals surface area contributed by atoms with Gasteiger partial charge in [-0.3, -0.25) is 13.8 Å². The quantitative estimate of drug-likeness (QED) is 0.429. The summed E-state index contributed by atoms with van der Waals surface area (Å²) in [6.07, 6.45) is 0. The van der Waals surface area contributed by atoms with Crippen molar-refractivity contribution in [1.82, 2.24) is 0 Å². The molecule has 0 fully saturated rings. The molecule has 0 aromatic heterocycles. The second-order valence-electron chi connectivity index (χ2n) is 2.45. The Hall–Kier alpha value is -0.840. The minimum Gasteiger partial charge on any atom is -0.408 e. The van der Waals surface area contributed by atoms with Gasteiger partial charge in [0.2, 0.25) is 5.91 Å². The molecule has 2 N–H and O–H groups in total. The Kier molecular flexibility index (Phi) is 4.83. The Morgan fingerprint density at radius 1 is 1.21 bits per heavy atom. The van der Waals surface area contributed by atoms with Gasteiger partial charge in [-0.25, -0.2) is 4.57 Å². The standard InChI is InChI=1S/C7H14NO5P/c1-5(7(8)9)6(2)13-14(10,11-3)12-4/h1-4H3,(H2,8,9). The number of primary amides is 1. The third-order valence-corrected chi connectivity index (χ3v) is 2.99. The van der Waals surface area contributed by atoms with Gasteiger partial charge in [0, 0.05) is 14.2 Å². The highest BCUT2D eigenvalue weighted by Gasteiger charge is 2.25. The highest BCUT2D eigenvalue weighted by molar-refractivity contribution is 7.48. The molecule has 0 saturated carbocycles. The zero-order chi connectivity index (χ0) is 11.4. The van der Waals surface area contributed by atoms with Gasteiger partial charge in [0.25, 0.3) is 0 Å². The molecule has 82 valence electrons. The number of nitrogens with two attached hydrogens (primary N) is 1. The molecule has 0 atom stereocenters. The summed E-state index contributed by atoms with van der Waals surface area (Å²) in [5.41, 5.74) is 5.16. The average molecular weight is 223 g/mol. The van der Waals surface area contributed by atoms with Crippen LogP contribution in [0.5, 0.6) is 0 Å². The van der Waals surface area contributed by atoms with Crippen molar-refractivity contribution in [2.24, 2.45) is 5.73 Å². The van der Waals surface area contributed by atoms with Crippen LogP contribution in [-0.2, 0) is 22.9 Å². The Bertz CT molecular complexity index is 290. The van der Waals surface area contributed by atoms with Crippen molar-refractivity contribution in [3.63, 3.8) is 0 Å². The Balaban J connectivity index is 4.76. The summed E-state index contributed by atoms with van der Waals surface area (Å²) in [4.78, 5) is 10.7. The van der Waals surface area contributed by atoms with Crippen LogP contribution in [-0.4, -0.2) is 20.1 Å². The highest BCUT2D eigenvalue weighted by Crippen LogP contribution is 2.49. The average Bonchev–Trinajstić information content (AvgIpc) is 2.16. The number of rotatable bonds is 5. The van der Waals surface area contributed by atoms with Gasteiger partial charge in [-0.1, -0.05) is 0 Å². The molecule has 0 radical (unpaired) electrons. The van der Waals surface area contributed by atoms with Gasteiger partial charge in [-0.15, -0.1) is 0 Å². The van der Waals surface area contributed by atoms with Crippen molar-refractivity contribution in [3.8, 4) is 0 Å². The van der Waals surface area contributed by atoms with Crippen molar-refractivity contribution >= 4 is 13.7 Å². The third kappa shape index (κ3) is 3.49. The van der Waals surface area contributed by atoms with Gasteiger partial charge < -0.3 is 10.3 Å². The summed E-state index contributed by atoms with van der Waals surface area (Å²) in [5, 5.41) is 0. The monoisotopic (exact) mass is 223 g/mol. The molecule has 0 bridgehead atoms. The molecular weight excluding hydrogens is 209 g/mol. The fraction of sp³-hybridized carbons (Fsp3) is 0.571. The maximum Gasteiger partial charge on any atom is 0.529 e. The van der Waals surface area contributed by atoms with Crippen LogP contribution in [0, 0.1) is 0 Å². The Morgan fingerprint density at radius 3 is 1.93 bits per heavy atom. The highest BCUT2D eigenvalue weighted by atomic mass is 31.2. The minimum absolute atomic E-state index is 0.115. The van der Waals surface area contributed by atoms with Crippen molar-refractivity contribution in [2.75, 3.05) is 14.2 Å². The summed E-state index contributed by atoms with van der Waals surface area (Å²) >= 11 is 0. The van der Waals surface area contributed by atoms with Gasteiger partial charge in [0.05, 0.1) is 5.57 Å². The lowest BCUT2D eigenvalue weighted by molar-refractivity contribution is -0.114. The first-order valence-corrected chi connectivity index (χ1v) is 5.20. The molecule has 0 heterocycles. The van der Waals surface area contributed by atoms with Gasteiger partial charge >= 0.3 is 7.82 Å². The fourth-order valence-corrected chi connectivity index (χ4v) is 1.33. The summed E-state index contributed by atoms with van der Waals surface area (Å²) in [7, 11) is -1.24. The maximum atomic E-state index is 11.4. The molecule has 0 aromatic carbocycles. The van der Waals surface area contributed by atoms with E-state index in [9.17, 15) is 9.36 Å². The van der Waals surface area contributed by atoms with Crippen LogP contribution in [0.1, 0.15) is 13.8 Å². The first kappa shape index (κ1) is 13.2. The zero-order valence-corrected chi connectivity index (χ0v) is 9.46. The van der Waals surface area contributed by atoms with Crippen LogP contribution in [0.15, 0.2) is 11.3 Å². The van der Waals surface area contributed by atoms with Gasteiger partial charge in [-0.2, -0.15) is 0 Å². The molecule has 0 rings (SSSR count). The van der Waals surface area contributed by atoms with E-state index in [0.717, 1.165) is 0 Å². The lowest BCUT2D eigenvalue weighted by Crippen LogP contribution is -2.13. The van der Waals surface area contributed by atoms with E-state index in [4.69, 9.17) is 10.3 Å². The topological polar surface area (TPSA) is 87.8 Å². The zero-order valence-electron chi connectivity index (χ0n) is 8.57. The molecule has 0 unspecified atom stereocenters. The molecule has 0 spiro atoms. The van der Waals surface area contributed by atoms with Crippen molar-refractivity contribution in [2.45, 2.75) is 13.8 Å². The number of phosphoric ester groups is 1. The Labute approximate surface area is 82.6 Å². The largest absolute Gasteiger partial charge is 0.529 e. The van der Waals surface area contributed by atoms with E-state index in [1.807, 2.05) is 0 Å². The van der Waals surface area contributed by atoms with Crippen LogP contribution < -0.4 is 5.73 Å². The summed E-state index contributed by atoms with van der Waals surface area (Å²) in [5.74, 6) is -0.536.